The number of esters is 4. The molecule has 0 aliphatic carbocycles. The van der Waals surface area contributed by atoms with Gasteiger partial charge >= 0.3 is 39.5 Å². The summed E-state index contributed by atoms with van der Waals surface area (Å²) < 4.78 is 68.8. The Hall–Kier alpha value is -1.94. The molecular formula is C83H162O17P2. The second-order valence-corrected chi connectivity index (χ2v) is 34.2. The Balaban J connectivity index is 5.22. The fraction of sp³-hybridized carbons (Fsp3) is 0.952. The summed E-state index contributed by atoms with van der Waals surface area (Å²) >= 11 is 0. The third-order valence-electron chi connectivity index (χ3n) is 19.4. The van der Waals surface area contributed by atoms with E-state index in [1.165, 1.54) is 244 Å². The van der Waals surface area contributed by atoms with Crippen LogP contribution in [0.3, 0.4) is 0 Å². The molecule has 0 saturated carbocycles. The molecule has 0 aliphatic rings. The van der Waals surface area contributed by atoms with Gasteiger partial charge in [0.25, 0.3) is 0 Å². The number of hydrogen-bond acceptors (Lipinski definition) is 15. The summed E-state index contributed by atoms with van der Waals surface area (Å²) in [5.41, 5.74) is 0. The molecule has 17 nitrogen and oxygen atoms in total. The fourth-order valence-corrected chi connectivity index (χ4v) is 14.4. The predicted molar refractivity (Wildman–Crippen MR) is 418 cm³/mol. The van der Waals surface area contributed by atoms with Crippen LogP contribution >= 0.6 is 15.6 Å². The molecule has 19 heteroatoms. The van der Waals surface area contributed by atoms with Crippen LogP contribution < -0.4 is 0 Å². The summed E-state index contributed by atoms with van der Waals surface area (Å²) in [5, 5.41) is 10.6. The quantitative estimate of drug-likeness (QED) is 0.0222. The highest BCUT2D eigenvalue weighted by Gasteiger charge is 2.30. The Bertz CT molecular complexity index is 1970. The van der Waals surface area contributed by atoms with Crippen molar-refractivity contribution < 1.29 is 80.2 Å². The summed E-state index contributed by atoms with van der Waals surface area (Å²) in [7, 11) is -9.92. The molecule has 0 fully saturated rings. The number of carbonyl (C=O) groups excluding carboxylic acids is 4. The maximum absolute atomic E-state index is 13.1. The van der Waals surface area contributed by atoms with Crippen LogP contribution in [0.2, 0.25) is 0 Å². The van der Waals surface area contributed by atoms with Crippen molar-refractivity contribution in [1.82, 2.24) is 0 Å². The SMILES string of the molecule is CCCCCCCCCCCC(=O)OC[C@H](COP(=O)(O)OC[C@H](O)COP(=O)(O)OC[C@@H](COC(=O)CCCCCCCCCCCCCCCCCCC(C)C)OC(=O)CCCCCCCCCCCCCCCCCCC(C)C)OC(=O)CCCCCCCCCCCCCCC(C)C. The topological polar surface area (TPSA) is 237 Å². The van der Waals surface area contributed by atoms with Crippen molar-refractivity contribution in [1.29, 1.82) is 0 Å². The fourth-order valence-electron chi connectivity index (χ4n) is 12.8. The Kier molecular flexibility index (Phi) is 71.8. The second kappa shape index (κ2) is 73.2. The zero-order valence-electron chi connectivity index (χ0n) is 67.1. The summed E-state index contributed by atoms with van der Waals surface area (Å²) in [6.45, 7) is 12.0. The first kappa shape index (κ1) is 100. The van der Waals surface area contributed by atoms with Gasteiger partial charge in [-0.1, -0.05) is 382 Å². The molecule has 0 spiro atoms. The highest BCUT2D eigenvalue weighted by Crippen LogP contribution is 2.45. The molecule has 5 atom stereocenters. The molecule has 0 radical (unpaired) electrons. The normalized spacial score (nSPS) is 13.9. The second-order valence-electron chi connectivity index (χ2n) is 31.3. The Morgan fingerprint density at radius 2 is 0.451 bits per heavy atom. The van der Waals surface area contributed by atoms with Gasteiger partial charge in [0.2, 0.25) is 0 Å². The zero-order chi connectivity index (χ0) is 75.1. The molecular weight excluding hydrogens is 1330 g/mol. The van der Waals surface area contributed by atoms with Crippen LogP contribution in [0.1, 0.15) is 434 Å². The molecule has 0 aromatic carbocycles. The van der Waals surface area contributed by atoms with Crippen molar-refractivity contribution in [3.8, 4) is 0 Å². The Morgan fingerprint density at radius 3 is 0.667 bits per heavy atom. The number of phosphoric ester groups is 2. The van der Waals surface area contributed by atoms with Crippen molar-refractivity contribution in [2.24, 2.45) is 17.8 Å². The molecule has 0 bridgehead atoms. The average molecular weight is 1490 g/mol. The van der Waals surface area contributed by atoms with E-state index in [-0.39, 0.29) is 25.7 Å². The number of carbonyl (C=O) groups is 4. The van der Waals surface area contributed by atoms with E-state index in [1.54, 1.807) is 0 Å². The molecule has 3 N–H and O–H groups in total. The van der Waals surface area contributed by atoms with E-state index >= 15 is 0 Å². The Labute approximate surface area is 626 Å². The van der Waals surface area contributed by atoms with Gasteiger partial charge in [-0.2, -0.15) is 0 Å². The number of rotatable bonds is 81. The summed E-state index contributed by atoms with van der Waals surface area (Å²) in [6.07, 6.45) is 62.4. The van der Waals surface area contributed by atoms with Gasteiger partial charge in [0.15, 0.2) is 12.2 Å². The molecule has 0 aromatic rings. The minimum absolute atomic E-state index is 0.107. The van der Waals surface area contributed by atoms with E-state index in [0.717, 1.165) is 108 Å². The third-order valence-corrected chi connectivity index (χ3v) is 21.3. The molecule has 0 rings (SSSR count). The van der Waals surface area contributed by atoms with Gasteiger partial charge in [0.1, 0.15) is 19.3 Å². The number of aliphatic hydroxyl groups excluding tert-OH is 1. The van der Waals surface area contributed by atoms with Gasteiger partial charge < -0.3 is 33.8 Å². The lowest BCUT2D eigenvalue weighted by Crippen LogP contribution is -2.30. The number of phosphoric acid groups is 2. The molecule has 0 aliphatic heterocycles. The molecule has 0 heterocycles. The summed E-state index contributed by atoms with van der Waals surface area (Å²) in [4.78, 5) is 73.1. The van der Waals surface area contributed by atoms with Crippen LogP contribution in [0.25, 0.3) is 0 Å². The molecule has 606 valence electrons. The maximum Gasteiger partial charge on any atom is 0.472 e. The number of unbranched alkanes of at least 4 members (excludes halogenated alkanes) is 49. The van der Waals surface area contributed by atoms with Gasteiger partial charge in [-0.15, -0.1) is 0 Å². The van der Waals surface area contributed by atoms with Crippen molar-refractivity contribution >= 4 is 39.5 Å². The minimum Gasteiger partial charge on any atom is -0.462 e. The van der Waals surface area contributed by atoms with Crippen LogP contribution in [-0.4, -0.2) is 96.7 Å². The Morgan fingerprint density at radius 1 is 0.265 bits per heavy atom. The lowest BCUT2D eigenvalue weighted by molar-refractivity contribution is -0.161. The summed E-state index contributed by atoms with van der Waals surface area (Å²) in [6, 6.07) is 0. The van der Waals surface area contributed by atoms with Crippen molar-refractivity contribution in [2.75, 3.05) is 39.6 Å². The smallest absolute Gasteiger partial charge is 0.462 e. The minimum atomic E-state index is -4.96. The van der Waals surface area contributed by atoms with Crippen LogP contribution in [0, 0.1) is 17.8 Å². The largest absolute Gasteiger partial charge is 0.472 e. The maximum atomic E-state index is 13.1. The van der Waals surface area contributed by atoms with Crippen molar-refractivity contribution in [2.45, 2.75) is 452 Å². The van der Waals surface area contributed by atoms with E-state index in [4.69, 9.17) is 37.0 Å². The molecule has 0 amide bonds. The number of aliphatic hydroxyl groups is 1. The average Bonchev–Trinajstić information content (AvgIpc) is 0.913. The van der Waals surface area contributed by atoms with E-state index in [1.807, 2.05) is 0 Å². The van der Waals surface area contributed by atoms with Gasteiger partial charge in [-0.05, 0) is 43.4 Å². The van der Waals surface area contributed by atoms with E-state index < -0.39 is 97.5 Å². The number of ether oxygens (including phenoxy) is 4. The van der Waals surface area contributed by atoms with E-state index in [0.29, 0.717) is 25.7 Å². The predicted octanol–water partition coefficient (Wildman–Crippen LogP) is 24.9. The first-order chi connectivity index (χ1) is 49.2. The standard InChI is InChI=1S/C83H162O17P2/c1-8-9-10-11-12-33-43-50-57-64-80(85)93-70-78(99-83(88)67-60-53-46-39-32-26-25-29-36-42-49-56-63-76(6)7)72-97-101(89,90)95-68-77(84)69-96-102(91,92)98-73-79(100-82(87)66-59-52-45-38-31-24-20-16-14-18-22-28-35-41-48-55-62-75(4)5)71-94-81(86)65-58-51-44-37-30-23-19-15-13-17-21-27-34-40-47-54-61-74(2)3/h74-79,84H,8-73H2,1-7H3,(H,89,90)(H,91,92)/t77-,78+,79+/m0/s1. The molecule has 102 heavy (non-hydrogen) atoms. The molecule has 0 saturated heterocycles. The van der Waals surface area contributed by atoms with Crippen molar-refractivity contribution in [3.63, 3.8) is 0 Å². The van der Waals surface area contributed by atoms with Gasteiger partial charge in [0.05, 0.1) is 26.4 Å². The monoisotopic (exact) mass is 1490 g/mol. The van der Waals surface area contributed by atoms with Crippen molar-refractivity contribution in [3.05, 3.63) is 0 Å². The lowest BCUT2D eigenvalue weighted by Gasteiger charge is -2.21. The first-order valence-corrected chi connectivity index (χ1v) is 45.8. The van der Waals surface area contributed by atoms with Crippen LogP contribution in [-0.2, 0) is 65.4 Å². The number of hydrogen-bond donors (Lipinski definition) is 3. The van der Waals surface area contributed by atoms with Gasteiger partial charge in [0, 0.05) is 25.7 Å². The zero-order valence-corrected chi connectivity index (χ0v) is 68.9. The highest BCUT2D eigenvalue weighted by atomic mass is 31.2. The van der Waals surface area contributed by atoms with Crippen LogP contribution in [0.4, 0.5) is 0 Å². The molecule has 2 unspecified atom stereocenters. The highest BCUT2D eigenvalue weighted by molar-refractivity contribution is 7.47. The van der Waals surface area contributed by atoms with E-state index in [9.17, 15) is 43.2 Å². The van der Waals surface area contributed by atoms with Gasteiger partial charge in [-0.3, -0.25) is 37.3 Å². The van der Waals surface area contributed by atoms with Crippen LogP contribution in [0.15, 0.2) is 0 Å². The molecule has 0 aromatic heterocycles. The van der Waals surface area contributed by atoms with Crippen LogP contribution in [0.5, 0.6) is 0 Å². The van der Waals surface area contributed by atoms with Gasteiger partial charge in [-0.25, -0.2) is 9.13 Å². The third kappa shape index (κ3) is 76.3. The first-order valence-electron chi connectivity index (χ1n) is 42.8. The van der Waals surface area contributed by atoms with E-state index in [2.05, 4.69) is 48.5 Å². The lowest BCUT2D eigenvalue weighted by atomic mass is 10.0. The summed E-state index contributed by atoms with van der Waals surface area (Å²) in [5.74, 6) is 0.290.